The van der Waals surface area contributed by atoms with Gasteiger partial charge in [0, 0.05) is 11.6 Å². The summed E-state index contributed by atoms with van der Waals surface area (Å²) in [5, 5.41) is 0. The molecule has 0 N–H and O–H groups in total. The number of halogens is 1. The van der Waals surface area contributed by atoms with Gasteiger partial charge in [0.15, 0.2) is 5.78 Å². The van der Waals surface area contributed by atoms with E-state index < -0.39 is 0 Å². The fraction of sp³-hybridized carbons (Fsp3) is 0.400. The highest BCUT2D eigenvalue weighted by atomic mass is 79.9. The molecule has 0 radical (unpaired) electrons. The summed E-state index contributed by atoms with van der Waals surface area (Å²) >= 11 is 3.26. The van der Waals surface area contributed by atoms with Gasteiger partial charge in [0.1, 0.15) is 4.60 Å². The van der Waals surface area contributed by atoms with Gasteiger partial charge in [0.2, 0.25) is 0 Å². The van der Waals surface area contributed by atoms with Crippen molar-refractivity contribution >= 4 is 21.7 Å². The van der Waals surface area contributed by atoms with Crippen LogP contribution in [-0.2, 0) is 0 Å². The van der Waals surface area contributed by atoms with Crippen molar-refractivity contribution < 1.29 is 4.79 Å². The van der Waals surface area contributed by atoms with Gasteiger partial charge in [-0.2, -0.15) is 0 Å². The Morgan fingerprint density at radius 2 is 2.08 bits per heavy atom. The lowest BCUT2D eigenvalue weighted by Crippen LogP contribution is -2.20. The molecule has 1 aromatic heterocycles. The molecule has 0 bridgehead atoms. The van der Waals surface area contributed by atoms with Crippen LogP contribution < -0.4 is 0 Å². The number of carbonyl (C=O) groups is 1. The monoisotopic (exact) mass is 241 g/mol. The smallest absolute Gasteiger partial charge is 0.170 e. The van der Waals surface area contributed by atoms with Crippen molar-refractivity contribution in [3.63, 3.8) is 0 Å². The van der Waals surface area contributed by atoms with Gasteiger partial charge in [-0.15, -0.1) is 0 Å². The molecule has 0 aromatic carbocycles. The molecule has 1 heterocycles. The normalized spacial score (nSPS) is 11.4. The summed E-state index contributed by atoms with van der Waals surface area (Å²) in [6.07, 6.45) is 1.66. The number of pyridine rings is 1. The molecule has 0 atom stereocenters. The second-order valence-electron chi connectivity index (χ2n) is 3.92. The first-order valence-electron chi connectivity index (χ1n) is 4.08. The van der Waals surface area contributed by atoms with E-state index in [4.69, 9.17) is 0 Å². The minimum Gasteiger partial charge on any atom is -0.293 e. The molecule has 1 aromatic rings. The number of hydrogen-bond acceptors (Lipinski definition) is 2. The number of rotatable bonds is 1. The molecule has 0 aliphatic rings. The molecule has 0 aliphatic heterocycles. The minimum atomic E-state index is -0.356. The molecule has 0 amide bonds. The van der Waals surface area contributed by atoms with Gasteiger partial charge in [-0.05, 0) is 28.1 Å². The van der Waals surface area contributed by atoms with E-state index in [2.05, 4.69) is 20.9 Å². The minimum absolute atomic E-state index is 0.104. The summed E-state index contributed by atoms with van der Waals surface area (Å²) in [5.41, 5.74) is 0.293. The van der Waals surface area contributed by atoms with Crippen molar-refractivity contribution in [3.05, 3.63) is 28.5 Å². The molecular weight excluding hydrogens is 230 g/mol. The molecule has 1 rings (SSSR count). The van der Waals surface area contributed by atoms with Crippen molar-refractivity contribution in [3.8, 4) is 0 Å². The van der Waals surface area contributed by atoms with Crippen LogP contribution in [0.5, 0.6) is 0 Å². The first-order valence-corrected chi connectivity index (χ1v) is 4.87. The maximum absolute atomic E-state index is 11.8. The van der Waals surface area contributed by atoms with Crippen LogP contribution in [0, 0.1) is 5.41 Å². The summed E-state index contributed by atoms with van der Waals surface area (Å²) in [6, 6.07) is 3.55. The Labute approximate surface area is 86.5 Å². The molecule has 13 heavy (non-hydrogen) atoms. The first kappa shape index (κ1) is 10.4. The quantitative estimate of drug-likeness (QED) is 0.559. The molecule has 70 valence electrons. The molecule has 3 heteroatoms. The van der Waals surface area contributed by atoms with E-state index in [1.54, 1.807) is 18.3 Å². The Bertz CT molecular complexity index is 328. The zero-order valence-corrected chi connectivity index (χ0v) is 9.55. The van der Waals surface area contributed by atoms with Crippen molar-refractivity contribution in [2.75, 3.05) is 0 Å². The number of hydrogen-bond donors (Lipinski definition) is 0. The lowest BCUT2D eigenvalue weighted by atomic mass is 9.87. The van der Waals surface area contributed by atoms with Crippen LogP contribution in [0.3, 0.4) is 0 Å². The van der Waals surface area contributed by atoms with Crippen LogP contribution in [0.4, 0.5) is 0 Å². The van der Waals surface area contributed by atoms with Gasteiger partial charge >= 0.3 is 0 Å². The Hall–Kier alpha value is -0.700. The standard InChI is InChI=1S/C10H12BrNO/c1-10(2,3)8(13)7-5-4-6-12-9(7)11/h4-6H,1-3H3. The van der Waals surface area contributed by atoms with E-state index in [0.717, 1.165) is 0 Å². The summed E-state index contributed by atoms with van der Waals surface area (Å²) in [7, 11) is 0. The molecule has 0 saturated heterocycles. The van der Waals surface area contributed by atoms with Crippen LogP contribution in [0.1, 0.15) is 31.1 Å². The third-order valence-electron chi connectivity index (χ3n) is 1.68. The fourth-order valence-electron chi connectivity index (χ4n) is 0.959. The SMILES string of the molecule is CC(C)(C)C(=O)c1cccnc1Br. The van der Waals surface area contributed by atoms with Crippen molar-refractivity contribution in [2.24, 2.45) is 5.41 Å². The largest absolute Gasteiger partial charge is 0.293 e. The van der Waals surface area contributed by atoms with Gasteiger partial charge < -0.3 is 0 Å². The van der Waals surface area contributed by atoms with Crippen LogP contribution >= 0.6 is 15.9 Å². The zero-order valence-electron chi connectivity index (χ0n) is 7.97. The Morgan fingerprint density at radius 1 is 1.46 bits per heavy atom. The maximum Gasteiger partial charge on any atom is 0.170 e. The van der Waals surface area contributed by atoms with Crippen LogP contribution in [0.15, 0.2) is 22.9 Å². The molecular formula is C10H12BrNO. The lowest BCUT2D eigenvalue weighted by Gasteiger charge is -2.16. The lowest BCUT2D eigenvalue weighted by molar-refractivity contribution is 0.0857. The summed E-state index contributed by atoms with van der Waals surface area (Å²) in [4.78, 5) is 15.8. The molecule has 0 spiro atoms. The predicted octanol–water partition coefficient (Wildman–Crippen LogP) is 3.07. The number of ketones is 1. The number of carbonyl (C=O) groups excluding carboxylic acids is 1. The molecule has 0 unspecified atom stereocenters. The number of aromatic nitrogens is 1. The first-order chi connectivity index (χ1) is 5.93. The van der Waals surface area contributed by atoms with Crippen molar-refractivity contribution in [1.82, 2.24) is 4.98 Å². The fourth-order valence-corrected chi connectivity index (χ4v) is 1.39. The summed E-state index contributed by atoms with van der Waals surface area (Å²) < 4.78 is 0.620. The van der Waals surface area contributed by atoms with Gasteiger partial charge in [-0.1, -0.05) is 20.8 Å². The van der Waals surface area contributed by atoms with E-state index in [1.807, 2.05) is 20.8 Å². The van der Waals surface area contributed by atoms with Gasteiger partial charge in [-0.25, -0.2) is 4.98 Å². The van der Waals surface area contributed by atoms with Gasteiger partial charge in [-0.3, -0.25) is 4.79 Å². The molecule has 0 aliphatic carbocycles. The highest BCUT2D eigenvalue weighted by Crippen LogP contribution is 2.24. The summed E-state index contributed by atoms with van der Waals surface area (Å²) in [6.45, 7) is 5.69. The third-order valence-corrected chi connectivity index (χ3v) is 2.32. The Balaban J connectivity index is 3.10. The molecule has 2 nitrogen and oxygen atoms in total. The number of Topliss-reactive ketones (excluding diaryl/α,β-unsaturated/α-hetero) is 1. The van der Waals surface area contributed by atoms with Gasteiger partial charge in [0.05, 0.1) is 5.56 Å². The van der Waals surface area contributed by atoms with Crippen molar-refractivity contribution in [2.45, 2.75) is 20.8 Å². The maximum atomic E-state index is 11.8. The summed E-state index contributed by atoms with van der Waals surface area (Å²) in [5.74, 6) is 0.104. The molecule has 0 saturated carbocycles. The second kappa shape index (κ2) is 3.58. The number of nitrogens with zero attached hydrogens (tertiary/aromatic N) is 1. The highest BCUT2D eigenvalue weighted by molar-refractivity contribution is 9.10. The van der Waals surface area contributed by atoms with E-state index >= 15 is 0 Å². The van der Waals surface area contributed by atoms with Gasteiger partial charge in [0.25, 0.3) is 0 Å². The third kappa shape index (κ3) is 2.37. The van der Waals surface area contributed by atoms with Crippen LogP contribution in [0.25, 0.3) is 0 Å². The van der Waals surface area contributed by atoms with E-state index in [9.17, 15) is 4.79 Å². The van der Waals surface area contributed by atoms with Crippen LogP contribution in [0.2, 0.25) is 0 Å². The average molecular weight is 242 g/mol. The van der Waals surface area contributed by atoms with E-state index in [0.29, 0.717) is 10.2 Å². The highest BCUT2D eigenvalue weighted by Gasteiger charge is 2.24. The van der Waals surface area contributed by atoms with E-state index in [1.165, 1.54) is 0 Å². The predicted molar refractivity (Wildman–Crippen MR) is 55.7 cm³/mol. The topological polar surface area (TPSA) is 30.0 Å². The van der Waals surface area contributed by atoms with Crippen molar-refractivity contribution in [1.29, 1.82) is 0 Å². The molecule has 0 fully saturated rings. The Kier molecular flexibility index (Phi) is 2.86. The zero-order chi connectivity index (χ0) is 10.1. The average Bonchev–Trinajstić information content (AvgIpc) is 2.02. The Morgan fingerprint density at radius 3 is 2.54 bits per heavy atom. The second-order valence-corrected chi connectivity index (χ2v) is 4.67. The van der Waals surface area contributed by atoms with Crippen LogP contribution in [-0.4, -0.2) is 10.8 Å². The van der Waals surface area contributed by atoms with E-state index in [-0.39, 0.29) is 11.2 Å².